The van der Waals surface area contributed by atoms with E-state index in [9.17, 15) is 9.18 Å². The normalized spacial score (nSPS) is 31.0. The molecule has 1 aromatic heterocycles. The van der Waals surface area contributed by atoms with Crippen molar-refractivity contribution in [1.29, 1.82) is 0 Å². The van der Waals surface area contributed by atoms with Crippen molar-refractivity contribution in [3.05, 3.63) is 30.1 Å². The van der Waals surface area contributed by atoms with Crippen molar-refractivity contribution >= 4 is 17.7 Å². The standard InChI is InChI=1S/C21H26FN5OS/c1-13(21-9-14-5-15(10-21)7-16(6-14)11-21)23-19(28)12-29-20-24-25-26-27(20)18-4-2-3-17(22)8-18/h2-4,8,13-16H,5-7,9-12H2,1H3,(H,23,28)/t13-,14?,15?,16?,21?/m0/s1. The molecule has 1 aromatic carbocycles. The van der Waals surface area contributed by atoms with E-state index in [2.05, 4.69) is 27.8 Å². The Balaban J connectivity index is 1.21. The Morgan fingerprint density at radius 3 is 2.62 bits per heavy atom. The van der Waals surface area contributed by atoms with Gasteiger partial charge in [-0.25, -0.2) is 4.39 Å². The highest BCUT2D eigenvalue weighted by atomic mass is 32.2. The highest BCUT2D eigenvalue weighted by Crippen LogP contribution is 2.61. The summed E-state index contributed by atoms with van der Waals surface area (Å²) in [5.41, 5.74) is 0.831. The second kappa shape index (κ2) is 7.38. The maximum atomic E-state index is 13.5. The summed E-state index contributed by atoms with van der Waals surface area (Å²) in [5.74, 6) is 2.50. The van der Waals surface area contributed by atoms with E-state index in [4.69, 9.17) is 0 Å². The SMILES string of the molecule is C[C@H](NC(=O)CSc1nnnn1-c1cccc(F)c1)C12CC3CC(CC(C3)C1)C2. The molecule has 4 saturated carbocycles. The molecule has 4 fully saturated rings. The lowest BCUT2D eigenvalue weighted by Gasteiger charge is -2.59. The number of thioether (sulfide) groups is 1. The Morgan fingerprint density at radius 2 is 1.97 bits per heavy atom. The predicted octanol–water partition coefficient (Wildman–Crippen LogP) is 3.61. The van der Waals surface area contributed by atoms with Gasteiger partial charge < -0.3 is 5.32 Å². The molecule has 1 N–H and O–H groups in total. The van der Waals surface area contributed by atoms with Gasteiger partial charge in [0, 0.05) is 6.04 Å². The quantitative estimate of drug-likeness (QED) is 0.730. The Kier molecular flexibility index (Phi) is 4.84. The van der Waals surface area contributed by atoms with Gasteiger partial charge in [-0.05, 0) is 97.2 Å². The zero-order valence-corrected chi connectivity index (χ0v) is 17.4. The summed E-state index contributed by atoms with van der Waals surface area (Å²) in [6.45, 7) is 2.19. The van der Waals surface area contributed by atoms with E-state index in [0.29, 0.717) is 10.8 Å². The van der Waals surface area contributed by atoms with Crippen LogP contribution in [0.15, 0.2) is 29.4 Å². The van der Waals surface area contributed by atoms with Crippen LogP contribution >= 0.6 is 11.8 Å². The molecule has 8 heteroatoms. The Bertz CT molecular complexity index is 881. The molecule has 0 radical (unpaired) electrons. The van der Waals surface area contributed by atoms with Crippen LogP contribution in [-0.2, 0) is 4.79 Å². The first-order valence-corrected chi connectivity index (χ1v) is 11.5. The molecule has 29 heavy (non-hydrogen) atoms. The van der Waals surface area contributed by atoms with E-state index >= 15 is 0 Å². The zero-order chi connectivity index (χ0) is 20.0. The van der Waals surface area contributed by atoms with Crippen LogP contribution < -0.4 is 5.32 Å². The van der Waals surface area contributed by atoms with E-state index in [-0.39, 0.29) is 28.9 Å². The summed E-state index contributed by atoms with van der Waals surface area (Å²) in [7, 11) is 0. The molecular formula is C21H26FN5OS. The zero-order valence-electron chi connectivity index (χ0n) is 16.6. The summed E-state index contributed by atoms with van der Waals surface area (Å²) in [6, 6.07) is 6.29. The molecule has 0 spiro atoms. The first-order valence-electron chi connectivity index (χ1n) is 10.5. The Labute approximate surface area is 174 Å². The van der Waals surface area contributed by atoms with Crippen molar-refractivity contribution in [2.45, 2.75) is 56.6 Å². The number of benzene rings is 1. The third-order valence-corrected chi connectivity index (χ3v) is 8.13. The van der Waals surface area contributed by atoms with E-state index in [0.717, 1.165) is 17.8 Å². The molecule has 4 aliphatic carbocycles. The van der Waals surface area contributed by atoms with Crippen LogP contribution in [0.5, 0.6) is 0 Å². The van der Waals surface area contributed by atoms with E-state index in [1.165, 1.54) is 67.1 Å². The number of hydrogen-bond donors (Lipinski definition) is 1. The van der Waals surface area contributed by atoms with Crippen LogP contribution in [0.25, 0.3) is 5.69 Å². The molecule has 0 saturated heterocycles. The smallest absolute Gasteiger partial charge is 0.230 e. The number of carbonyl (C=O) groups excluding carboxylic acids is 1. The minimum atomic E-state index is -0.351. The molecule has 4 bridgehead atoms. The van der Waals surface area contributed by atoms with Gasteiger partial charge in [0.2, 0.25) is 11.1 Å². The molecule has 1 amide bonds. The van der Waals surface area contributed by atoms with Crippen molar-refractivity contribution in [2.24, 2.45) is 23.2 Å². The second-order valence-corrected chi connectivity index (χ2v) is 10.2. The second-order valence-electron chi connectivity index (χ2n) is 9.21. The number of tetrazole rings is 1. The molecule has 6 nitrogen and oxygen atoms in total. The fourth-order valence-electron chi connectivity index (χ4n) is 6.31. The van der Waals surface area contributed by atoms with Gasteiger partial charge in [-0.2, -0.15) is 4.68 Å². The van der Waals surface area contributed by atoms with Crippen LogP contribution in [-0.4, -0.2) is 37.9 Å². The predicted molar refractivity (Wildman–Crippen MR) is 108 cm³/mol. The first-order chi connectivity index (χ1) is 14.0. The third kappa shape index (κ3) is 3.67. The number of rotatable bonds is 6. The van der Waals surface area contributed by atoms with Crippen LogP contribution in [0.3, 0.4) is 0 Å². The van der Waals surface area contributed by atoms with Gasteiger partial charge in [0.05, 0.1) is 11.4 Å². The third-order valence-electron chi connectivity index (χ3n) is 7.21. The fourth-order valence-corrected chi connectivity index (χ4v) is 7.02. The number of carbonyl (C=O) groups is 1. The van der Waals surface area contributed by atoms with Gasteiger partial charge >= 0.3 is 0 Å². The van der Waals surface area contributed by atoms with Crippen LogP contribution in [0.4, 0.5) is 4.39 Å². The van der Waals surface area contributed by atoms with Crippen molar-refractivity contribution in [2.75, 3.05) is 5.75 Å². The molecule has 6 rings (SSSR count). The summed E-state index contributed by atoms with van der Waals surface area (Å²) in [5, 5.41) is 15.4. The molecule has 4 aliphatic rings. The maximum absolute atomic E-state index is 13.5. The monoisotopic (exact) mass is 415 g/mol. The van der Waals surface area contributed by atoms with Crippen LogP contribution in [0.1, 0.15) is 45.4 Å². The lowest BCUT2D eigenvalue weighted by atomic mass is 9.48. The average Bonchev–Trinajstić information content (AvgIpc) is 3.14. The topological polar surface area (TPSA) is 72.7 Å². The number of nitrogens with one attached hydrogen (secondary N) is 1. The highest BCUT2D eigenvalue weighted by molar-refractivity contribution is 7.99. The minimum absolute atomic E-state index is 0.00652. The number of nitrogens with zero attached hydrogens (tertiary/aromatic N) is 4. The largest absolute Gasteiger partial charge is 0.352 e. The van der Waals surface area contributed by atoms with Crippen molar-refractivity contribution in [3.8, 4) is 5.69 Å². The molecule has 0 unspecified atom stereocenters. The fraction of sp³-hybridized carbons (Fsp3) is 0.619. The Hall–Kier alpha value is -1.96. The number of aromatic nitrogens is 4. The summed E-state index contributed by atoms with van der Waals surface area (Å²) in [4.78, 5) is 12.7. The summed E-state index contributed by atoms with van der Waals surface area (Å²) >= 11 is 1.27. The highest BCUT2D eigenvalue weighted by Gasteiger charge is 2.53. The van der Waals surface area contributed by atoms with Crippen molar-refractivity contribution < 1.29 is 9.18 Å². The number of halogens is 1. The van der Waals surface area contributed by atoms with Gasteiger partial charge in [-0.15, -0.1) is 5.10 Å². The number of hydrogen-bond acceptors (Lipinski definition) is 5. The van der Waals surface area contributed by atoms with Crippen LogP contribution in [0, 0.1) is 29.0 Å². The Morgan fingerprint density at radius 1 is 1.28 bits per heavy atom. The molecular weight excluding hydrogens is 389 g/mol. The number of amides is 1. The molecule has 0 aliphatic heterocycles. The van der Waals surface area contributed by atoms with Crippen molar-refractivity contribution in [1.82, 2.24) is 25.5 Å². The summed E-state index contributed by atoms with van der Waals surface area (Å²) in [6.07, 6.45) is 8.01. The van der Waals surface area contributed by atoms with Gasteiger partial charge in [0.1, 0.15) is 5.82 Å². The maximum Gasteiger partial charge on any atom is 0.230 e. The van der Waals surface area contributed by atoms with Gasteiger partial charge in [0.15, 0.2) is 0 Å². The van der Waals surface area contributed by atoms with Gasteiger partial charge in [-0.3, -0.25) is 4.79 Å². The molecule has 2 aromatic rings. The molecule has 1 heterocycles. The molecule has 154 valence electrons. The van der Waals surface area contributed by atoms with Crippen molar-refractivity contribution in [3.63, 3.8) is 0 Å². The van der Waals surface area contributed by atoms with Gasteiger partial charge in [-0.1, -0.05) is 17.8 Å². The van der Waals surface area contributed by atoms with Crippen LogP contribution in [0.2, 0.25) is 0 Å². The average molecular weight is 416 g/mol. The van der Waals surface area contributed by atoms with E-state index < -0.39 is 0 Å². The molecule has 1 atom stereocenters. The minimum Gasteiger partial charge on any atom is -0.352 e. The lowest BCUT2D eigenvalue weighted by molar-refractivity contribution is -0.123. The van der Waals surface area contributed by atoms with Gasteiger partial charge in [0.25, 0.3) is 0 Å². The van der Waals surface area contributed by atoms with E-state index in [1.807, 2.05) is 0 Å². The lowest BCUT2D eigenvalue weighted by Crippen LogP contribution is -2.56. The summed E-state index contributed by atoms with van der Waals surface area (Å²) < 4.78 is 15.0. The first kappa shape index (κ1) is 19.0. The van der Waals surface area contributed by atoms with E-state index in [1.54, 1.807) is 12.1 Å².